The molecule has 0 bridgehead atoms. The Hall–Kier alpha value is -3.94. The molecule has 1 aliphatic heterocycles. The molecule has 30 heavy (non-hydrogen) atoms. The van der Waals surface area contributed by atoms with Crippen molar-refractivity contribution in [2.24, 2.45) is 0 Å². The molecule has 1 N–H and O–H groups in total. The van der Waals surface area contributed by atoms with Crippen LogP contribution in [0.5, 0.6) is 5.75 Å². The Kier molecular flexibility index (Phi) is 4.83. The van der Waals surface area contributed by atoms with Gasteiger partial charge in [-0.15, -0.1) is 0 Å². The largest absolute Gasteiger partial charge is 0.497 e. The molecule has 0 spiro atoms. The number of benzene rings is 2. The summed E-state index contributed by atoms with van der Waals surface area (Å²) in [7, 11) is 1.56. The lowest BCUT2D eigenvalue weighted by Gasteiger charge is -2.34. The summed E-state index contributed by atoms with van der Waals surface area (Å²) < 4.78 is 6.53. The zero-order chi connectivity index (χ0) is 21.4. The molecule has 1 unspecified atom stereocenters. The summed E-state index contributed by atoms with van der Waals surface area (Å²) in [6, 6.07) is 13.3. The Morgan fingerprint density at radius 1 is 1.07 bits per heavy atom. The van der Waals surface area contributed by atoms with Crippen molar-refractivity contribution in [1.29, 1.82) is 0 Å². The maximum absolute atomic E-state index is 13.0. The van der Waals surface area contributed by atoms with Crippen molar-refractivity contribution in [3.63, 3.8) is 0 Å². The number of amides is 1. The van der Waals surface area contributed by atoms with Crippen molar-refractivity contribution in [1.82, 2.24) is 9.78 Å². The zero-order valence-corrected chi connectivity index (χ0v) is 16.4. The van der Waals surface area contributed by atoms with Crippen LogP contribution in [0.25, 0.3) is 0 Å². The van der Waals surface area contributed by atoms with Gasteiger partial charge in [0.15, 0.2) is 5.78 Å². The number of hydrogen-bond acceptors (Lipinski definition) is 5. The fourth-order valence-electron chi connectivity index (χ4n) is 3.61. The summed E-state index contributed by atoms with van der Waals surface area (Å²) in [4.78, 5) is 38.7. The summed E-state index contributed by atoms with van der Waals surface area (Å²) in [6.07, 6.45) is 1.20. The van der Waals surface area contributed by atoms with Gasteiger partial charge in [-0.1, -0.05) is 0 Å². The Morgan fingerprint density at radius 2 is 1.67 bits per heavy atom. The van der Waals surface area contributed by atoms with Gasteiger partial charge in [0.1, 0.15) is 17.0 Å². The maximum Gasteiger partial charge on any atom is 0.339 e. The monoisotopic (exact) mass is 405 g/mol. The number of methoxy groups -OCH3 is 1. The average molecular weight is 405 g/mol. The van der Waals surface area contributed by atoms with E-state index in [1.54, 1.807) is 55.6 Å². The minimum Gasteiger partial charge on any atom is -0.497 e. The standard InChI is InChI=1S/C22H19N3O5/c1-13-12-24-19(18(11-23-24)22(28)29)21(27)25(13)16-7-3-14(4-8-16)20(26)15-5-9-17(30-2)10-6-15/h3-11,13H,12H2,1-2H3,(H,28,29). The number of anilines is 1. The van der Waals surface area contributed by atoms with Gasteiger partial charge in [0, 0.05) is 16.8 Å². The quantitative estimate of drug-likeness (QED) is 0.655. The van der Waals surface area contributed by atoms with Crippen molar-refractivity contribution >= 4 is 23.3 Å². The third-order valence-electron chi connectivity index (χ3n) is 5.13. The van der Waals surface area contributed by atoms with Crippen LogP contribution in [0.15, 0.2) is 54.7 Å². The number of carbonyl (C=O) groups excluding carboxylic acids is 2. The van der Waals surface area contributed by atoms with Gasteiger partial charge < -0.3 is 14.7 Å². The summed E-state index contributed by atoms with van der Waals surface area (Å²) in [6.45, 7) is 2.24. The second kappa shape index (κ2) is 7.47. The third-order valence-corrected chi connectivity index (χ3v) is 5.13. The van der Waals surface area contributed by atoms with Crippen LogP contribution in [0.2, 0.25) is 0 Å². The van der Waals surface area contributed by atoms with E-state index in [4.69, 9.17) is 4.74 Å². The molecule has 0 aliphatic carbocycles. The molecule has 1 aliphatic rings. The van der Waals surface area contributed by atoms with Crippen molar-refractivity contribution < 1.29 is 24.2 Å². The molecule has 2 heterocycles. The minimum absolute atomic E-state index is 0.0546. The van der Waals surface area contributed by atoms with Crippen LogP contribution in [0, 0.1) is 0 Å². The average Bonchev–Trinajstić information content (AvgIpc) is 3.18. The summed E-state index contributed by atoms with van der Waals surface area (Å²) >= 11 is 0. The predicted molar refractivity (Wildman–Crippen MR) is 108 cm³/mol. The molecule has 4 rings (SSSR count). The van der Waals surface area contributed by atoms with E-state index in [1.165, 1.54) is 15.8 Å². The van der Waals surface area contributed by atoms with Crippen LogP contribution >= 0.6 is 0 Å². The van der Waals surface area contributed by atoms with Gasteiger partial charge >= 0.3 is 5.97 Å². The van der Waals surface area contributed by atoms with E-state index in [1.807, 2.05) is 6.92 Å². The van der Waals surface area contributed by atoms with Crippen LogP contribution in [0.3, 0.4) is 0 Å². The predicted octanol–water partition coefficient (Wildman–Crippen LogP) is 2.87. The Morgan fingerprint density at radius 3 is 2.23 bits per heavy atom. The number of hydrogen-bond donors (Lipinski definition) is 1. The van der Waals surface area contributed by atoms with Crippen LogP contribution < -0.4 is 9.64 Å². The number of aromatic carboxylic acids is 1. The van der Waals surface area contributed by atoms with Gasteiger partial charge in [-0.25, -0.2) is 4.79 Å². The summed E-state index contributed by atoms with van der Waals surface area (Å²) in [5.74, 6) is -1.11. The van der Waals surface area contributed by atoms with Crippen molar-refractivity contribution in [2.45, 2.75) is 19.5 Å². The van der Waals surface area contributed by atoms with Gasteiger partial charge in [0.25, 0.3) is 5.91 Å². The van der Waals surface area contributed by atoms with Crippen molar-refractivity contribution in [2.75, 3.05) is 12.0 Å². The topological polar surface area (TPSA) is 102 Å². The first-order chi connectivity index (χ1) is 14.4. The highest BCUT2D eigenvalue weighted by Gasteiger charge is 2.35. The highest BCUT2D eigenvalue weighted by Crippen LogP contribution is 2.27. The van der Waals surface area contributed by atoms with Crippen molar-refractivity contribution in [3.05, 3.63) is 77.1 Å². The smallest absolute Gasteiger partial charge is 0.339 e. The lowest BCUT2D eigenvalue weighted by Crippen LogP contribution is -2.47. The number of ketones is 1. The summed E-state index contributed by atoms with van der Waals surface area (Å²) in [5, 5.41) is 13.4. The molecule has 1 aromatic heterocycles. The zero-order valence-electron chi connectivity index (χ0n) is 16.4. The van der Waals surface area contributed by atoms with E-state index in [0.717, 1.165) is 0 Å². The minimum atomic E-state index is -1.19. The molecular formula is C22H19N3O5. The lowest BCUT2D eigenvalue weighted by molar-refractivity contribution is 0.0689. The van der Waals surface area contributed by atoms with Gasteiger partial charge in [-0.3, -0.25) is 14.3 Å². The first-order valence-electron chi connectivity index (χ1n) is 9.32. The molecule has 8 heteroatoms. The molecule has 0 saturated heterocycles. The molecule has 1 amide bonds. The number of fused-ring (bicyclic) bond motifs is 1. The number of carbonyl (C=O) groups is 3. The normalized spacial score (nSPS) is 15.6. The fourth-order valence-corrected chi connectivity index (χ4v) is 3.61. The molecule has 152 valence electrons. The number of carboxylic acid groups (broad SMARTS) is 1. The second-order valence-corrected chi connectivity index (χ2v) is 7.02. The van der Waals surface area contributed by atoms with Crippen LogP contribution in [-0.2, 0) is 6.54 Å². The maximum atomic E-state index is 13.0. The van der Waals surface area contributed by atoms with Crippen LogP contribution in [0.4, 0.5) is 5.69 Å². The van der Waals surface area contributed by atoms with Gasteiger partial charge in [0.05, 0.1) is 25.9 Å². The van der Waals surface area contributed by atoms with Gasteiger partial charge in [-0.05, 0) is 55.5 Å². The van der Waals surface area contributed by atoms with Crippen molar-refractivity contribution in [3.8, 4) is 5.75 Å². The van der Waals surface area contributed by atoms with E-state index in [0.29, 0.717) is 29.1 Å². The Balaban J connectivity index is 1.61. The van der Waals surface area contributed by atoms with E-state index in [-0.39, 0.29) is 23.1 Å². The molecule has 0 fully saturated rings. The highest BCUT2D eigenvalue weighted by molar-refractivity contribution is 6.12. The second-order valence-electron chi connectivity index (χ2n) is 7.02. The number of aromatic nitrogens is 2. The molecule has 0 radical (unpaired) electrons. The third kappa shape index (κ3) is 3.22. The molecule has 3 aromatic rings. The fraction of sp³-hybridized carbons (Fsp3) is 0.182. The first kappa shape index (κ1) is 19.4. The van der Waals surface area contributed by atoms with E-state index in [9.17, 15) is 19.5 Å². The number of ether oxygens (including phenoxy) is 1. The van der Waals surface area contributed by atoms with E-state index < -0.39 is 11.9 Å². The van der Waals surface area contributed by atoms with Gasteiger partial charge in [-0.2, -0.15) is 5.10 Å². The van der Waals surface area contributed by atoms with E-state index in [2.05, 4.69) is 5.10 Å². The Labute approximate surface area is 172 Å². The number of carboxylic acids is 1. The summed E-state index contributed by atoms with van der Waals surface area (Å²) in [5.41, 5.74) is 1.53. The molecule has 2 aromatic carbocycles. The lowest BCUT2D eigenvalue weighted by atomic mass is 10.0. The highest BCUT2D eigenvalue weighted by atomic mass is 16.5. The van der Waals surface area contributed by atoms with Crippen LogP contribution in [0.1, 0.15) is 43.7 Å². The molecule has 0 saturated carbocycles. The van der Waals surface area contributed by atoms with Crippen LogP contribution in [-0.4, -0.2) is 45.7 Å². The van der Waals surface area contributed by atoms with E-state index >= 15 is 0 Å². The molecule has 8 nitrogen and oxygen atoms in total. The van der Waals surface area contributed by atoms with Gasteiger partial charge in [0.2, 0.25) is 0 Å². The number of nitrogens with zero attached hydrogens (tertiary/aromatic N) is 3. The first-order valence-corrected chi connectivity index (χ1v) is 9.32. The molecular weight excluding hydrogens is 386 g/mol. The number of rotatable bonds is 5. The Bertz CT molecular complexity index is 1130. The molecule has 1 atom stereocenters. The SMILES string of the molecule is COc1ccc(C(=O)c2ccc(N3C(=O)c4c(C(=O)O)cnn4CC3C)cc2)cc1.